The highest BCUT2D eigenvalue weighted by atomic mass is 32.1. The van der Waals surface area contributed by atoms with Gasteiger partial charge in [-0.3, -0.25) is 0 Å². The summed E-state index contributed by atoms with van der Waals surface area (Å²) in [6.45, 7) is 7.54. The number of hydrogen-bond acceptors (Lipinski definition) is 4. The molecule has 27 heavy (non-hydrogen) atoms. The smallest absolute Gasteiger partial charge is 0.169 e. The van der Waals surface area contributed by atoms with Crippen LogP contribution in [-0.4, -0.2) is 67.9 Å². The van der Waals surface area contributed by atoms with Crippen LogP contribution >= 0.6 is 12.2 Å². The second-order valence-corrected chi connectivity index (χ2v) is 7.81. The van der Waals surface area contributed by atoms with Crippen LogP contribution in [0.1, 0.15) is 38.7 Å². The fourth-order valence-electron chi connectivity index (χ4n) is 3.44. The maximum Gasteiger partial charge on any atom is 0.169 e. The van der Waals surface area contributed by atoms with Crippen molar-refractivity contribution in [3.63, 3.8) is 0 Å². The molecule has 1 aromatic carbocycles. The van der Waals surface area contributed by atoms with Crippen molar-refractivity contribution >= 4 is 17.3 Å². The van der Waals surface area contributed by atoms with Gasteiger partial charge in [-0.25, -0.2) is 0 Å². The van der Waals surface area contributed by atoms with Crippen LogP contribution in [0.3, 0.4) is 0 Å². The molecule has 152 valence electrons. The summed E-state index contributed by atoms with van der Waals surface area (Å²) < 4.78 is 10.8. The van der Waals surface area contributed by atoms with Gasteiger partial charge in [0.05, 0.1) is 14.2 Å². The van der Waals surface area contributed by atoms with Crippen LogP contribution in [0.15, 0.2) is 18.2 Å². The number of hydrogen-bond donors (Lipinski definition) is 1. The minimum atomic E-state index is 0.396. The molecule has 1 aliphatic rings. The zero-order chi connectivity index (χ0) is 19.8. The summed E-state index contributed by atoms with van der Waals surface area (Å²) in [5, 5.41) is 4.40. The topological polar surface area (TPSA) is 37.0 Å². The molecule has 1 N–H and O–H groups in total. The molecule has 6 heteroatoms. The Hall–Kier alpha value is -1.53. The Labute approximate surface area is 170 Å². The summed E-state index contributed by atoms with van der Waals surface area (Å²) in [4.78, 5) is 4.80. The lowest BCUT2D eigenvalue weighted by Gasteiger charge is -2.39. The molecule has 1 atom stereocenters. The predicted molar refractivity (Wildman–Crippen MR) is 116 cm³/mol. The molecule has 1 unspecified atom stereocenters. The third-order valence-corrected chi connectivity index (χ3v) is 5.81. The Morgan fingerprint density at radius 3 is 2.52 bits per heavy atom. The van der Waals surface area contributed by atoms with Crippen molar-refractivity contribution < 1.29 is 9.47 Å². The molecule has 1 saturated heterocycles. The van der Waals surface area contributed by atoms with E-state index in [2.05, 4.69) is 48.1 Å². The van der Waals surface area contributed by atoms with Crippen LogP contribution in [0.2, 0.25) is 0 Å². The zero-order valence-electron chi connectivity index (χ0n) is 17.5. The lowest BCUT2D eigenvalue weighted by molar-refractivity contribution is 0.175. The summed E-state index contributed by atoms with van der Waals surface area (Å²) in [6, 6.07) is 7.05. The van der Waals surface area contributed by atoms with E-state index in [1.165, 1.54) is 5.56 Å². The largest absolute Gasteiger partial charge is 0.493 e. The van der Waals surface area contributed by atoms with Crippen molar-refractivity contribution in [3.8, 4) is 11.5 Å². The molecule has 1 aromatic rings. The number of nitrogens with one attached hydrogen (secondary N) is 1. The van der Waals surface area contributed by atoms with Gasteiger partial charge in [-0.2, -0.15) is 0 Å². The highest BCUT2D eigenvalue weighted by molar-refractivity contribution is 7.80. The summed E-state index contributed by atoms with van der Waals surface area (Å²) in [7, 11) is 5.54. The molecule has 0 aliphatic carbocycles. The average molecular weight is 394 g/mol. The quantitative estimate of drug-likeness (QED) is 0.683. The standard InChI is InChI=1S/C21H35N3O2S/c1-6-16(2)22-21(27)24(18-10-12-23(3)13-11-18)14-9-17-7-8-19(25-4)20(15-17)26-5/h7-8,15-16,18H,6,9-14H2,1-5H3,(H,22,27). The molecule has 2 rings (SSSR count). The van der Waals surface area contributed by atoms with Crippen LogP contribution in [0, 0.1) is 0 Å². The third-order valence-electron chi connectivity index (χ3n) is 5.46. The fourth-order valence-corrected chi connectivity index (χ4v) is 3.88. The maximum absolute atomic E-state index is 5.79. The molecule has 0 saturated carbocycles. The molecule has 0 bridgehead atoms. The Kier molecular flexibility index (Phi) is 8.64. The van der Waals surface area contributed by atoms with Crippen molar-refractivity contribution in [2.75, 3.05) is 40.9 Å². The predicted octanol–water partition coefficient (Wildman–Crippen LogP) is 3.32. The lowest BCUT2D eigenvalue weighted by Crippen LogP contribution is -2.52. The molecule has 5 nitrogen and oxygen atoms in total. The van der Waals surface area contributed by atoms with Gasteiger partial charge in [0.15, 0.2) is 16.6 Å². The van der Waals surface area contributed by atoms with Gasteiger partial charge in [0, 0.05) is 18.6 Å². The molecule has 0 aromatic heterocycles. The molecule has 1 aliphatic heterocycles. The summed E-state index contributed by atoms with van der Waals surface area (Å²) in [6.07, 6.45) is 4.31. The lowest BCUT2D eigenvalue weighted by atomic mass is 10.0. The van der Waals surface area contributed by atoms with Crippen molar-refractivity contribution in [3.05, 3.63) is 23.8 Å². The van der Waals surface area contributed by atoms with E-state index in [0.717, 1.165) is 61.9 Å². The van der Waals surface area contributed by atoms with E-state index in [-0.39, 0.29) is 0 Å². The Morgan fingerprint density at radius 1 is 1.26 bits per heavy atom. The molecular formula is C21H35N3O2S. The number of benzene rings is 1. The van der Waals surface area contributed by atoms with Crippen molar-refractivity contribution in [1.29, 1.82) is 0 Å². The highest BCUT2D eigenvalue weighted by Gasteiger charge is 2.25. The monoisotopic (exact) mass is 393 g/mol. The van der Waals surface area contributed by atoms with Gasteiger partial charge in [0.1, 0.15) is 0 Å². The van der Waals surface area contributed by atoms with Crippen LogP contribution in [-0.2, 0) is 6.42 Å². The van der Waals surface area contributed by atoms with Crippen LogP contribution in [0.4, 0.5) is 0 Å². The second kappa shape index (κ2) is 10.7. The molecule has 1 fully saturated rings. The van der Waals surface area contributed by atoms with E-state index in [9.17, 15) is 0 Å². The number of nitrogens with zero attached hydrogens (tertiary/aromatic N) is 2. The second-order valence-electron chi connectivity index (χ2n) is 7.43. The van der Waals surface area contributed by atoms with Crippen LogP contribution < -0.4 is 14.8 Å². The third kappa shape index (κ3) is 6.25. The van der Waals surface area contributed by atoms with Gasteiger partial charge in [-0.05, 0) is 82.7 Å². The first-order valence-electron chi connectivity index (χ1n) is 9.95. The van der Waals surface area contributed by atoms with E-state index < -0.39 is 0 Å². The van der Waals surface area contributed by atoms with Crippen molar-refractivity contribution in [2.24, 2.45) is 0 Å². The summed E-state index contributed by atoms with van der Waals surface area (Å²) >= 11 is 5.79. The minimum Gasteiger partial charge on any atom is -0.493 e. The van der Waals surface area contributed by atoms with Crippen molar-refractivity contribution in [1.82, 2.24) is 15.1 Å². The van der Waals surface area contributed by atoms with Crippen molar-refractivity contribution in [2.45, 2.75) is 51.6 Å². The van der Waals surface area contributed by atoms with Gasteiger partial charge in [0.25, 0.3) is 0 Å². The molecule has 0 spiro atoms. The van der Waals surface area contributed by atoms with Crippen LogP contribution in [0.25, 0.3) is 0 Å². The van der Waals surface area contributed by atoms with E-state index in [1.54, 1.807) is 14.2 Å². The van der Waals surface area contributed by atoms with E-state index >= 15 is 0 Å². The first-order chi connectivity index (χ1) is 13.0. The fraction of sp³-hybridized carbons (Fsp3) is 0.667. The summed E-state index contributed by atoms with van der Waals surface area (Å²) in [5.41, 5.74) is 1.23. The zero-order valence-corrected chi connectivity index (χ0v) is 18.3. The number of rotatable bonds is 8. The normalized spacial score (nSPS) is 16.6. The number of methoxy groups -OCH3 is 2. The minimum absolute atomic E-state index is 0.396. The first-order valence-corrected chi connectivity index (χ1v) is 10.4. The number of likely N-dealkylation sites (tertiary alicyclic amines) is 1. The summed E-state index contributed by atoms with van der Waals surface area (Å²) in [5.74, 6) is 1.54. The Balaban J connectivity index is 2.08. The maximum atomic E-state index is 5.79. The number of piperidine rings is 1. The van der Waals surface area contributed by atoms with Crippen LogP contribution in [0.5, 0.6) is 11.5 Å². The van der Waals surface area contributed by atoms with Gasteiger partial charge >= 0.3 is 0 Å². The number of thiocarbonyl (C=S) groups is 1. The Morgan fingerprint density at radius 2 is 1.93 bits per heavy atom. The highest BCUT2D eigenvalue weighted by Crippen LogP contribution is 2.28. The molecule has 0 amide bonds. The molecular weight excluding hydrogens is 358 g/mol. The molecule has 0 radical (unpaired) electrons. The number of ether oxygens (including phenoxy) is 2. The molecule has 1 heterocycles. The van der Waals surface area contributed by atoms with E-state index in [1.807, 2.05) is 6.07 Å². The first kappa shape index (κ1) is 21.8. The van der Waals surface area contributed by atoms with E-state index in [0.29, 0.717) is 12.1 Å². The van der Waals surface area contributed by atoms with Gasteiger partial charge < -0.3 is 24.6 Å². The Bertz CT molecular complexity index is 603. The van der Waals surface area contributed by atoms with Gasteiger partial charge in [-0.1, -0.05) is 13.0 Å². The SMILES string of the molecule is CCC(C)NC(=S)N(CCc1ccc(OC)c(OC)c1)C1CCN(C)CC1. The average Bonchev–Trinajstić information content (AvgIpc) is 2.69. The van der Waals surface area contributed by atoms with E-state index in [4.69, 9.17) is 21.7 Å². The van der Waals surface area contributed by atoms with Gasteiger partial charge in [0.2, 0.25) is 0 Å². The van der Waals surface area contributed by atoms with Gasteiger partial charge in [-0.15, -0.1) is 0 Å².